The van der Waals surface area contributed by atoms with Gasteiger partial charge in [-0.1, -0.05) is 27.7 Å². The van der Waals surface area contributed by atoms with Crippen LogP contribution in [0.5, 0.6) is 0 Å². The Hall–Kier alpha value is -0.550. The second-order valence-corrected chi connectivity index (χ2v) is 6.79. The average Bonchev–Trinajstić information content (AvgIpc) is 2.69. The lowest BCUT2D eigenvalue weighted by Crippen LogP contribution is -2.12. The van der Waals surface area contributed by atoms with E-state index in [0.29, 0.717) is 18.5 Å². The van der Waals surface area contributed by atoms with Crippen LogP contribution in [0.4, 0.5) is 0 Å². The highest BCUT2D eigenvalue weighted by Crippen LogP contribution is 2.29. The zero-order chi connectivity index (χ0) is 13.9. The number of hydrogen-bond donors (Lipinski definition) is 0. The van der Waals surface area contributed by atoms with Crippen molar-refractivity contribution in [3.05, 3.63) is 11.4 Å². The van der Waals surface area contributed by atoms with Crippen LogP contribution in [0, 0.1) is 0 Å². The van der Waals surface area contributed by atoms with Gasteiger partial charge in [-0.3, -0.25) is 4.68 Å². The van der Waals surface area contributed by atoms with Crippen LogP contribution < -0.4 is 0 Å². The van der Waals surface area contributed by atoms with Crippen molar-refractivity contribution in [3.63, 3.8) is 0 Å². The van der Waals surface area contributed by atoms with Gasteiger partial charge < -0.3 is 0 Å². The maximum Gasteiger partial charge on any atom is 0.264 e. The zero-order valence-electron chi connectivity index (χ0n) is 11.4. The molecule has 0 spiro atoms. The van der Waals surface area contributed by atoms with E-state index >= 15 is 0 Å². The molecule has 0 saturated heterocycles. The molecular formula is C12H21ClN2O2S. The molecule has 0 aliphatic carbocycles. The molecule has 0 aromatic carbocycles. The van der Waals surface area contributed by atoms with Crippen molar-refractivity contribution in [1.29, 1.82) is 0 Å². The van der Waals surface area contributed by atoms with Crippen molar-refractivity contribution in [2.24, 2.45) is 0 Å². The second-order valence-electron chi connectivity index (χ2n) is 4.28. The number of rotatable bonds is 6. The largest absolute Gasteiger partial charge is 0.265 e. The molecule has 1 aromatic rings. The first-order valence-corrected chi connectivity index (χ1v) is 8.76. The highest BCUT2D eigenvalue weighted by atomic mass is 35.7. The first-order valence-electron chi connectivity index (χ1n) is 6.45. The van der Waals surface area contributed by atoms with Crippen LogP contribution in [0.25, 0.3) is 0 Å². The fraction of sp³-hybridized carbons (Fsp3) is 0.750. The van der Waals surface area contributed by atoms with E-state index in [-0.39, 0.29) is 10.9 Å². The number of halogens is 1. The summed E-state index contributed by atoms with van der Waals surface area (Å²) in [5.41, 5.74) is 1.31. The van der Waals surface area contributed by atoms with Gasteiger partial charge >= 0.3 is 0 Å². The van der Waals surface area contributed by atoms with Gasteiger partial charge in [0.2, 0.25) is 0 Å². The first kappa shape index (κ1) is 15.5. The van der Waals surface area contributed by atoms with E-state index in [0.717, 1.165) is 18.5 Å². The van der Waals surface area contributed by atoms with Crippen LogP contribution in [0.3, 0.4) is 0 Å². The number of aromatic nitrogens is 2. The molecule has 0 aliphatic heterocycles. The Kier molecular flexibility index (Phi) is 5.22. The molecule has 0 N–H and O–H groups in total. The summed E-state index contributed by atoms with van der Waals surface area (Å²) in [7, 11) is 1.82. The minimum absolute atomic E-state index is 0.223. The van der Waals surface area contributed by atoms with Gasteiger partial charge in [0, 0.05) is 10.7 Å². The molecular weight excluding hydrogens is 272 g/mol. The monoisotopic (exact) mass is 292 g/mol. The molecule has 0 amide bonds. The molecule has 0 saturated carbocycles. The van der Waals surface area contributed by atoms with Crippen molar-refractivity contribution in [3.8, 4) is 0 Å². The van der Waals surface area contributed by atoms with Gasteiger partial charge in [0.15, 0.2) is 0 Å². The van der Waals surface area contributed by atoms with Crippen molar-refractivity contribution in [1.82, 2.24) is 9.78 Å². The summed E-state index contributed by atoms with van der Waals surface area (Å²) in [6.45, 7) is 7.98. The van der Waals surface area contributed by atoms with Crippen LogP contribution in [0.15, 0.2) is 4.90 Å². The zero-order valence-corrected chi connectivity index (χ0v) is 13.0. The Balaban J connectivity index is 3.52. The van der Waals surface area contributed by atoms with Crippen molar-refractivity contribution in [2.75, 3.05) is 0 Å². The van der Waals surface area contributed by atoms with Crippen LogP contribution >= 0.6 is 10.7 Å². The van der Waals surface area contributed by atoms with Crippen molar-refractivity contribution >= 4 is 19.7 Å². The topological polar surface area (TPSA) is 52.0 Å². The van der Waals surface area contributed by atoms with Gasteiger partial charge in [0.1, 0.15) is 4.90 Å². The molecule has 0 unspecified atom stereocenters. The molecule has 0 aliphatic rings. The number of nitrogens with zero attached hydrogens (tertiary/aromatic N) is 2. The fourth-order valence-electron chi connectivity index (χ4n) is 2.28. The summed E-state index contributed by atoms with van der Waals surface area (Å²) in [5.74, 6) is 0. The molecule has 1 rings (SSSR count). The molecule has 1 aromatic heterocycles. The molecule has 6 heteroatoms. The van der Waals surface area contributed by atoms with Crippen LogP contribution in [0.2, 0.25) is 0 Å². The maximum absolute atomic E-state index is 11.7. The molecule has 0 radical (unpaired) electrons. The van der Waals surface area contributed by atoms with Gasteiger partial charge in [0.05, 0.1) is 17.4 Å². The van der Waals surface area contributed by atoms with Crippen LogP contribution in [-0.4, -0.2) is 18.2 Å². The normalized spacial score (nSPS) is 12.3. The lowest BCUT2D eigenvalue weighted by atomic mass is 10.1. The molecule has 4 nitrogen and oxygen atoms in total. The van der Waals surface area contributed by atoms with E-state index in [1.165, 1.54) is 0 Å². The van der Waals surface area contributed by atoms with Gasteiger partial charge in [-0.25, -0.2) is 8.42 Å². The van der Waals surface area contributed by atoms with E-state index in [9.17, 15) is 8.42 Å². The first-order chi connectivity index (χ1) is 8.40. The Morgan fingerprint density at radius 1 is 1.17 bits per heavy atom. The van der Waals surface area contributed by atoms with Crippen LogP contribution in [-0.2, 0) is 21.9 Å². The van der Waals surface area contributed by atoms with Crippen LogP contribution in [0.1, 0.15) is 58.0 Å². The molecule has 0 fully saturated rings. The van der Waals surface area contributed by atoms with Gasteiger partial charge in [0.25, 0.3) is 9.05 Å². The standard InChI is InChI=1S/C12H21ClN2O2S/c1-5-9(6-2)15-11(8-4)12(18(13,16)17)10(7-3)14-15/h9H,5-8H2,1-4H3. The van der Waals surface area contributed by atoms with E-state index in [4.69, 9.17) is 10.7 Å². The second kappa shape index (κ2) is 6.06. The number of aryl methyl sites for hydroxylation is 1. The van der Waals surface area contributed by atoms with E-state index < -0.39 is 9.05 Å². The molecule has 0 bridgehead atoms. The Bertz CT molecular complexity index is 504. The summed E-state index contributed by atoms with van der Waals surface area (Å²) >= 11 is 0. The van der Waals surface area contributed by atoms with E-state index in [2.05, 4.69) is 18.9 Å². The molecule has 0 atom stereocenters. The van der Waals surface area contributed by atoms with E-state index in [1.54, 1.807) is 0 Å². The summed E-state index contributed by atoms with van der Waals surface area (Å²) in [6, 6.07) is 0.234. The molecule has 104 valence electrons. The third kappa shape index (κ3) is 2.88. The maximum atomic E-state index is 11.7. The van der Waals surface area contributed by atoms with Gasteiger partial charge in [-0.2, -0.15) is 5.10 Å². The summed E-state index contributed by atoms with van der Waals surface area (Å²) < 4.78 is 25.3. The quantitative estimate of drug-likeness (QED) is 0.756. The van der Waals surface area contributed by atoms with Gasteiger partial charge in [-0.15, -0.1) is 0 Å². The predicted octanol–water partition coefficient (Wildman–Crippen LogP) is 3.30. The highest BCUT2D eigenvalue weighted by Gasteiger charge is 2.27. The SMILES string of the molecule is CCc1nn(C(CC)CC)c(CC)c1S(=O)(=O)Cl. The lowest BCUT2D eigenvalue weighted by Gasteiger charge is -2.16. The lowest BCUT2D eigenvalue weighted by molar-refractivity contribution is 0.412. The van der Waals surface area contributed by atoms with Gasteiger partial charge in [-0.05, 0) is 25.7 Å². The van der Waals surface area contributed by atoms with E-state index in [1.807, 2.05) is 18.5 Å². The summed E-state index contributed by atoms with van der Waals surface area (Å²) in [5, 5.41) is 4.46. The summed E-state index contributed by atoms with van der Waals surface area (Å²) in [4.78, 5) is 0.223. The third-order valence-corrected chi connectivity index (χ3v) is 4.65. The minimum Gasteiger partial charge on any atom is -0.265 e. The van der Waals surface area contributed by atoms with Crippen molar-refractivity contribution < 1.29 is 8.42 Å². The minimum atomic E-state index is -3.73. The Labute approximate surface area is 114 Å². The Morgan fingerprint density at radius 3 is 2.06 bits per heavy atom. The fourth-order valence-corrected chi connectivity index (χ4v) is 3.80. The third-order valence-electron chi connectivity index (χ3n) is 3.23. The predicted molar refractivity (Wildman–Crippen MR) is 73.6 cm³/mol. The molecule has 18 heavy (non-hydrogen) atoms. The smallest absolute Gasteiger partial charge is 0.264 e. The average molecular weight is 293 g/mol. The van der Waals surface area contributed by atoms with Crippen molar-refractivity contribution in [2.45, 2.75) is 64.3 Å². The highest BCUT2D eigenvalue weighted by molar-refractivity contribution is 8.13. The number of hydrogen-bond acceptors (Lipinski definition) is 3. The summed E-state index contributed by atoms with van der Waals surface area (Å²) in [6.07, 6.45) is 3.04. The Morgan fingerprint density at radius 2 is 1.72 bits per heavy atom. The molecule has 1 heterocycles.